The predicted octanol–water partition coefficient (Wildman–Crippen LogP) is 2.21. The molecule has 1 heterocycles. The second-order valence-electron chi connectivity index (χ2n) is 3.49. The fourth-order valence-corrected chi connectivity index (χ4v) is 1.89. The summed E-state index contributed by atoms with van der Waals surface area (Å²) < 4.78 is 14.4. The Morgan fingerprint density at radius 2 is 2.25 bits per heavy atom. The van der Waals surface area contributed by atoms with Crippen molar-refractivity contribution in [3.05, 3.63) is 18.2 Å². The van der Waals surface area contributed by atoms with Gasteiger partial charge in [0.05, 0.1) is 6.20 Å². The van der Waals surface area contributed by atoms with Crippen LogP contribution in [0, 0.1) is 11.9 Å². The van der Waals surface area contributed by atoms with E-state index in [9.17, 15) is 4.39 Å². The molecule has 3 heteroatoms. The zero-order valence-corrected chi connectivity index (χ0v) is 7.04. The molecule has 1 fully saturated rings. The molecule has 0 N–H and O–H groups in total. The SMILES string of the molecule is Fc1ccnn1CC1CCCC1. The first-order chi connectivity index (χ1) is 5.86. The highest BCUT2D eigenvalue weighted by Gasteiger charge is 2.16. The number of hydrogen-bond acceptors (Lipinski definition) is 1. The summed E-state index contributed by atoms with van der Waals surface area (Å²) in [5, 5.41) is 3.92. The predicted molar refractivity (Wildman–Crippen MR) is 44.1 cm³/mol. The van der Waals surface area contributed by atoms with Gasteiger partial charge in [-0.2, -0.15) is 9.49 Å². The number of halogens is 1. The monoisotopic (exact) mass is 168 g/mol. The summed E-state index contributed by atoms with van der Waals surface area (Å²) in [6, 6.07) is 1.41. The Bertz CT molecular complexity index is 251. The van der Waals surface area contributed by atoms with E-state index in [2.05, 4.69) is 5.10 Å². The molecule has 2 rings (SSSR count). The molecular weight excluding hydrogens is 155 g/mol. The van der Waals surface area contributed by atoms with E-state index in [4.69, 9.17) is 0 Å². The van der Waals surface area contributed by atoms with Gasteiger partial charge in [0.15, 0.2) is 0 Å². The molecule has 0 aliphatic heterocycles. The highest BCUT2D eigenvalue weighted by atomic mass is 19.1. The highest BCUT2D eigenvalue weighted by molar-refractivity contribution is 4.83. The Morgan fingerprint density at radius 1 is 1.50 bits per heavy atom. The van der Waals surface area contributed by atoms with Crippen LogP contribution >= 0.6 is 0 Å². The van der Waals surface area contributed by atoms with Crippen molar-refractivity contribution < 1.29 is 4.39 Å². The Balaban J connectivity index is 1.98. The van der Waals surface area contributed by atoms with Crippen LogP contribution in [0.5, 0.6) is 0 Å². The minimum Gasteiger partial charge on any atom is -0.239 e. The normalized spacial score (nSPS) is 18.8. The maximum absolute atomic E-state index is 12.9. The average Bonchev–Trinajstić information content (AvgIpc) is 2.65. The van der Waals surface area contributed by atoms with E-state index < -0.39 is 0 Å². The first kappa shape index (κ1) is 7.77. The number of rotatable bonds is 2. The Kier molecular flexibility index (Phi) is 2.11. The highest BCUT2D eigenvalue weighted by Crippen LogP contribution is 2.25. The average molecular weight is 168 g/mol. The number of aromatic nitrogens is 2. The van der Waals surface area contributed by atoms with E-state index in [1.165, 1.54) is 42.6 Å². The molecule has 0 radical (unpaired) electrons. The molecule has 0 aromatic carbocycles. The maximum Gasteiger partial charge on any atom is 0.211 e. The Hall–Kier alpha value is -0.860. The van der Waals surface area contributed by atoms with Gasteiger partial charge in [-0.25, -0.2) is 4.68 Å². The van der Waals surface area contributed by atoms with E-state index in [-0.39, 0.29) is 5.95 Å². The van der Waals surface area contributed by atoms with Crippen molar-refractivity contribution in [3.8, 4) is 0 Å². The third kappa shape index (κ3) is 1.49. The van der Waals surface area contributed by atoms with Gasteiger partial charge in [-0.05, 0) is 18.8 Å². The summed E-state index contributed by atoms with van der Waals surface area (Å²) in [5.74, 6) is 0.446. The van der Waals surface area contributed by atoms with Crippen molar-refractivity contribution in [2.24, 2.45) is 5.92 Å². The van der Waals surface area contributed by atoms with Crippen LogP contribution in [0.15, 0.2) is 12.3 Å². The molecule has 1 aromatic rings. The van der Waals surface area contributed by atoms with Crippen molar-refractivity contribution in [2.75, 3.05) is 0 Å². The van der Waals surface area contributed by atoms with Gasteiger partial charge in [0, 0.05) is 12.6 Å². The topological polar surface area (TPSA) is 17.8 Å². The summed E-state index contributed by atoms with van der Waals surface area (Å²) in [6.07, 6.45) is 6.59. The molecule has 66 valence electrons. The summed E-state index contributed by atoms with van der Waals surface area (Å²) in [4.78, 5) is 0. The Morgan fingerprint density at radius 3 is 2.83 bits per heavy atom. The van der Waals surface area contributed by atoms with Gasteiger partial charge in [0.1, 0.15) is 0 Å². The lowest BCUT2D eigenvalue weighted by molar-refractivity contribution is 0.373. The van der Waals surface area contributed by atoms with Crippen molar-refractivity contribution >= 4 is 0 Å². The summed E-state index contributed by atoms with van der Waals surface area (Å²) in [5.41, 5.74) is 0. The summed E-state index contributed by atoms with van der Waals surface area (Å²) in [7, 11) is 0. The summed E-state index contributed by atoms with van der Waals surface area (Å²) in [6.45, 7) is 0.763. The van der Waals surface area contributed by atoms with Gasteiger partial charge in [-0.3, -0.25) is 0 Å². The van der Waals surface area contributed by atoms with Crippen LogP contribution in [0.2, 0.25) is 0 Å². The first-order valence-electron chi connectivity index (χ1n) is 4.53. The van der Waals surface area contributed by atoms with Gasteiger partial charge in [0.2, 0.25) is 5.95 Å². The smallest absolute Gasteiger partial charge is 0.211 e. The van der Waals surface area contributed by atoms with Crippen molar-refractivity contribution in [3.63, 3.8) is 0 Å². The lowest BCUT2D eigenvalue weighted by atomic mass is 10.1. The van der Waals surface area contributed by atoms with Gasteiger partial charge in [-0.15, -0.1) is 0 Å². The van der Waals surface area contributed by atoms with E-state index in [0.717, 1.165) is 6.54 Å². The third-order valence-corrected chi connectivity index (χ3v) is 2.57. The van der Waals surface area contributed by atoms with Gasteiger partial charge in [0.25, 0.3) is 0 Å². The second-order valence-corrected chi connectivity index (χ2v) is 3.49. The zero-order valence-electron chi connectivity index (χ0n) is 7.04. The first-order valence-corrected chi connectivity index (χ1v) is 4.53. The molecule has 0 unspecified atom stereocenters. The molecule has 12 heavy (non-hydrogen) atoms. The van der Waals surface area contributed by atoms with E-state index in [0.29, 0.717) is 5.92 Å². The molecule has 1 aliphatic carbocycles. The van der Waals surface area contributed by atoms with Crippen LogP contribution in [0.25, 0.3) is 0 Å². The third-order valence-electron chi connectivity index (χ3n) is 2.57. The number of nitrogens with zero attached hydrogens (tertiary/aromatic N) is 2. The fourth-order valence-electron chi connectivity index (χ4n) is 1.89. The zero-order chi connectivity index (χ0) is 8.39. The quantitative estimate of drug-likeness (QED) is 0.662. The maximum atomic E-state index is 12.9. The van der Waals surface area contributed by atoms with Crippen molar-refractivity contribution in [1.82, 2.24) is 9.78 Å². The lowest BCUT2D eigenvalue weighted by Crippen LogP contribution is -2.10. The fraction of sp³-hybridized carbons (Fsp3) is 0.667. The molecule has 1 saturated carbocycles. The number of hydrogen-bond donors (Lipinski definition) is 0. The molecule has 0 saturated heterocycles. The molecule has 1 aromatic heterocycles. The minimum absolute atomic E-state index is 0.207. The van der Waals surface area contributed by atoms with E-state index in [1.807, 2.05) is 0 Å². The molecule has 0 amide bonds. The minimum atomic E-state index is -0.207. The van der Waals surface area contributed by atoms with Crippen molar-refractivity contribution in [1.29, 1.82) is 0 Å². The molecule has 2 nitrogen and oxygen atoms in total. The van der Waals surface area contributed by atoms with Crippen LogP contribution in [-0.2, 0) is 6.54 Å². The van der Waals surface area contributed by atoms with Crippen LogP contribution < -0.4 is 0 Å². The van der Waals surface area contributed by atoms with E-state index >= 15 is 0 Å². The lowest BCUT2D eigenvalue weighted by Gasteiger charge is -2.08. The van der Waals surface area contributed by atoms with Crippen molar-refractivity contribution in [2.45, 2.75) is 32.2 Å². The molecular formula is C9H13FN2. The van der Waals surface area contributed by atoms with Crippen LogP contribution in [-0.4, -0.2) is 9.78 Å². The standard InChI is InChI=1S/C9H13FN2/c10-9-5-6-11-12(9)7-8-3-1-2-4-8/h5-6,8H,1-4,7H2. The van der Waals surface area contributed by atoms with Crippen LogP contribution in [0.3, 0.4) is 0 Å². The van der Waals surface area contributed by atoms with Gasteiger partial charge in [-0.1, -0.05) is 12.8 Å². The van der Waals surface area contributed by atoms with Gasteiger partial charge < -0.3 is 0 Å². The molecule has 0 spiro atoms. The largest absolute Gasteiger partial charge is 0.239 e. The van der Waals surface area contributed by atoms with Crippen LogP contribution in [0.4, 0.5) is 4.39 Å². The Labute approximate surface area is 71.4 Å². The van der Waals surface area contributed by atoms with Gasteiger partial charge >= 0.3 is 0 Å². The molecule has 0 atom stereocenters. The van der Waals surface area contributed by atoms with Crippen LogP contribution in [0.1, 0.15) is 25.7 Å². The van der Waals surface area contributed by atoms with E-state index in [1.54, 1.807) is 0 Å². The molecule has 0 bridgehead atoms. The second kappa shape index (κ2) is 3.25. The summed E-state index contributed by atoms with van der Waals surface area (Å²) >= 11 is 0. The molecule has 1 aliphatic rings.